The van der Waals surface area contributed by atoms with Crippen molar-refractivity contribution in [2.75, 3.05) is 6.54 Å². The van der Waals surface area contributed by atoms with Gasteiger partial charge in [-0.2, -0.15) is 0 Å². The van der Waals surface area contributed by atoms with Gasteiger partial charge >= 0.3 is 0 Å². The minimum absolute atomic E-state index is 0.109. The molecule has 26 heavy (non-hydrogen) atoms. The first-order valence-corrected chi connectivity index (χ1v) is 11.2. The predicted molar refractivity (Wildman–Crippen MR) is 100 cm³/mol. The van der Waals surface area contributed by atoms with Gasteiger partial charge in [-0.15, -0.1) is 0 Å². The number of nitrogens with one attached hydrogen (secondary N) is 1. The molecule has 0 spiro atoms. The van der Waals surface area contributed by atoms with Crippen LogP contribution in [0.15, 0.2) is 0 Å². The molecule has 1 atom stereocenters. The lowest BCUT2D eigenvalue weighted by Crippen LogP contribution is -2.57. The Bertz CT molecular complexity index is 545. The highest BCUT2D eigenvalue weighted by Crippen LogP contribution is 2.60. The van der Waals surface area contributed by atoms with Crippen molar-refractivity contribution in [1.82, 2.24) is 10.2 Å². The summed E-state index contributed by atoms with van der Waals surface area (Å²) in [5, 5.41) is 3.29. The number of likely N-dealkylation sites (tertiary alicyclic amines) is 1. The molecule has 4 bridgehead atoms. The van der Waals surface area contributed by atoms with E-state index in [0.29, 0.717) is 11.9 Å². The van der Waals surface area contributed by atoms with Gasteiger partial charge in [-0.25, -0.2) is 0 Å². The number of rotatable bonds is 3. The Hall–Kier alpha value is -1.06. The van der Waals surface area contributed by atoms with Crippen LogP contribution >= 0.6 is 0 Å². The Morgan fingerprint density at radius 3 is 2.04 bits per heavy atom. The highest BCUT2D eigenvalue weighted by Gasteiger charge is 2.56. The Kier molecular flexibility index (Phi) is 4.28. The summed E-state index contributed by atoms with van der Waals surface area (Å²) in [6.45, 7) is 0.795. The molecule has 5 saturated carbocycles. The fourth-order valence-electron chi connectivity index (χ4n) is 7.50. The molecule has 1 saturated heterocycles. The van der Waals surface area contributed by atoms with Crippen molar-refractivity contribution >= 4 is 11.8 Å². The van der Waals surface area contributed by atoms with E-state index in [-0.39, 0.29) is 17.4 Å². The highest BCUT2D eigenvalue weighted by molar-refractivity contribution is 5.91. The molecular formula is C22H34N2O2. The second-order valence-electron chi connectivity index (χ2n) is 10.2. The third-order valence-electron chi connectivity index (χ3n) is 8.26. The minimum Gasteiger partial charge on any atom is -0.352 e. The number of amides is 2. The van der Waals surface area contributed by atoms with E-state index in [1.165, 1.54) is 38.5 Å². The van der Waals surface area contributed by atoms with Crippen LogP contribution in [0.3, 0.4) is 0 Å². The van der Waals surface area contributed by atoms with Crippen LogP contribution in [0.5, 0.6) is 0 Å². The summed E-state index contributed by atoms with van der Waals surface area (Å²) in [6, 6.07) is 0.144. The normalized spacial score (nSPS) is 42.2. The molecule has 6 rings (SSSR count). The van der Waals surface area contributed by atoms with Crippen molar-refractivity contribution in [1.29, 1.82) is 0 Å². The molecule has 144 valence electrons. The minimum atomic E-state index is -0.197. The lowest BCUT2D eigenvalue weighted by atomic mass is 9.49. The van der Waals surface area contributed by atoms with E-state index in [1.807, 2.05) is 4.90 Å². The van der Waals surface area contributed by atoms with Crippen molar-refractivity contribution in [3.63, 3.8) is 0 Å². The van der Waals surface area contributed by atoms with Crippen LogP contribution < -0.4 is 5.32 Å². The standard InChI is InChI=1S/C22H34N2O2/c25-20(23-18-5-2-1-3-6-18)19-7-4-8-24(19)21(26)22-12-15-9-16(13-22)11-17(10-15)14-22/h15-19H,1-14H2,(H,23,25). The third kappa shape index (κ3) is 2.88. The topological polar surface area (TPSA) is 49.4 Å². The van der Waals surface area contributed by atoms with Crippen molar-refractivity contribution in [2.24, 2.45) is 23.2 Å². The molecule has 6 aliphatic rings. The van der Waals surface area contributed by atoms with E-state index in [9.17, 15) is 9.59 Å². The quantitative estimate of drug-likeness (QED) is 0.837. The molecule has 1 aliphatic heterocycles. The largest absolute Gasteiger partial charge is 0.352 e. The molecule has 1 unspecified atom stereocenters. The number of carbonyl (C=O) groups is 2. The van der Waals surface area contributed by atoms with Crippen LogP contribution in [0.25, 0.3) is 0 Å². The Morgan fingerprint density at radius 1 is 0.808 bits per heavy atom. The zero-order valence-electron chi connectivity index (χ0n) is 16.0. The van der Waals surface area contributed by atoms with Crippen molar-refractivity contribution in [2.45, 2.75) is 95.6 Å². The second-order valence-corrected chi connectivity index (χ2v) is 10.2. The molecule has 1 heterocycles. The maximum Gasteiger partial charge on any atom is 0.243 e. The monoisotopic (exact) mass is 358 g/mol. The number of nitrogens with zero attached hydrogens (tertiary/aromatic N) is 1. The van der Waals surface area contributed by atoms with E-state index in [0.717, 1.165) is 69.2 Å². The van der Waals surface area contributed by atoms with Crippen LogP contribution in [-0.2, 0) is 9.59 Å². The van der Waals surface area contributed by atoms with Crippen LogP contribution in [0.1, 0.15) is 83.5 Å². The molecule has 1 N–H and O–H groups in total. The molecule has 0 aromatic rings. The summed E-state index contributed by atoms with van der Waals surface area (Å²) in [5.41, 5.74) is -0.109. The smallest absolute Gasteiger partial charge is 0.243 e. The molecule has 0 aromatic heterocycles. The van der Waals surface area contributed by atoms with E-state index in [4.69, 9.17) is 0 Å². The zero-order valence-corrected chi connectivity index (χ0v) is 16.0. The van der Waals surface area contributed by atoms with Gasteiger partial charge in [0.05, 0.1) is 5.41 Å². The second kappa shape index (κ2) is 6.53. The predicted octanol–water partition coefficient (Wildman–Crippen LogP) is 3.64. The number of carbonyl (C=O) groups excluding carboxylic acids is 2. The maximum atomic E-state index is 13.7. The van der Waals surface area contributed by atoms with E-state index >= 15 is 0 Å². The Morgan fingerprint density at radius 2 is 1.42 bits per heavy atom. The van der Waals surface area contributed by atoms with Gasteiger partial charge in [0.25, 0.3) is 0 Å². The summed E-state index contributed by atoms with van der Waals surface area (Å²) < 4.78 is 0. The van der Waals surface area contributed by atoms with Gasteiger partial charge in [0.1, 0.15) is 6.04 Å². The van der Waals surface area contributed by atoms with Gasteiger partial charge in [-0.3, -0.25) is 9.59 Å². The van der Waals surface area contributed by atoms with Crippen LogP contribution in [0, 0.1) is 23.2 Å². The van der Waals surface area contributed by atoms with Crippen LogP contribution in [0.4, 0.5) is 0 Å². The van der Waals surface area contributed by atoms with E-state index in [1.54, 1.807) is 0 Å². The molecule has 2 amide bonds. The van der Waals surface area contributed by atoms with Crippen LogP contribution in [-0.4, -0.2) is 35.3 Å². The maximum absolute atomic E-state index is 13.7. The first-order chi connectivity index (χ1) is 12.6. The molecule has 6 fully saturated rings. The first-order valence-electron chi connectivity index (χ1n) is 11.2. The van der Waals surface area contributed by atoms with Gasteiger partial charge in [0.2, 0.25) is 11.8 Å². The summed E-state index contributed by atoms with van der Waals surface area (Å²) in [5.74, 6) is 2.82. The summed E-state index contributed by atoms with van der Waals surface area (Å²) in [4.78, 5) is 28.6. The molecule has 0 radical (unpaired) electrons. The lowest BCUT2D eigenvalue weighted by Gasteiger charge is -2.56. The van der Waals surface area contributed by atoms with Gasteiger partial charge in [-0.05, 0) is 82.0 Å². The van der Waals surface area contributed by atoms with Crippen LogP contribution in [0.2, 0.25) is 0 Å². The number of hydrogen-bond acceptors (Lipinski definition) is 2. The molecule has 5 aliphatic carbocycles. The summed E-state index contributed by atoms with van der Waals surface area (Å²) in [6.07, 6.45) is 15.2. The lowest BCUT2D eigenvalue weighted by molar-refractivity contribution is -0.160. The third-order valence-corrected chi connectivity index (χ3v) is 8.26. The van der Waals surface area contributed by atoms with E-state index < -0.39 is 0 Å². The molecule has 0 aromatic carbocycles. The van der Waals surface area contributed by atoms with E-state index in [2.05, 4.69) is 5.32 Å². The summed E-state index contributed by atoms with van der Waals surface area (Å²) >= 11 is 0. The molecular weight excluding hydrogens is 324 g/mol. The average molecular weight is 359 g/mol. The van der Waals surface area contributed by atoms with Gasteiger partial charge < -0.3 is 10.2 Å². The SMILES string of the molecule is O=C(NC1CCCCC1)C1CCCN1C(=O)C12CC3CC(CC(C3)C1)C2. The average Bonchev–Trinajstić information content (AvgIpc) is 3.10. The fraction of sp³-hybridized carbons (Fsp3) is 0.909. The molecule has 4 heteroatoms. The first kappa shape index (κ1) is 17.1. The zero-order chi connectivity index (χ0) is 17.7. The van der Waals surface area contributed by atoms with Gasteiger partial charge in [0.15, 0.2) is 0 Å². The Balaban J connectivity index is 1.29. The van der Waals surface area contributed by atoms with Crippen molar-refractivity contribution < 1.29 is 9.59 Å². The van der Waals surface area contributed by atoms with Crippen molar-refractivity contribution in [3.8, 4) is 0 Å². The Labute approximate surface area is 157 Å². The highest BCUT2D eigenvalue weighted by atomic mass is 16.2. The van der Waals surface area contributed by atoms with Gasteiger partial charge in [0, 0.05) is 12.6 Å². The molecule has 4 nitrogen and oxygen atoms in total. The number of hydrogen-bond donors (Lipinski definition) is 1. The van der Waals surface area contributed by atoms with Crippen molar-refractivity contribution in [3.05, 3.63) is 0 Å². The summed E-state index contributed by atoms with van der Waals surface area (Å²) in [7, 11) is 0. The van der Waals surface area contributed by atoms with Gasteiger partial charge in [-0.1, -0.05) is 19.3 Å². The fourth-order valence-corrected chi connectivity index (χ4v) is 7.50.